The summed E-state index contributed by atoms with van der Waals surface area (Å²) in [6.45, 7) is 3.91. The first-order valence-electron chi connectivity index (χ1n) is 14.0. The average molecular weight is 650 g/mol. The van der Waals surface area contributed by atoms with Crippen molar-refractivity contribution in [2.45, 2.75) is 22.8 Å². The van der Waals surface area contributed by atoms with E-state index in [9.17, 15) is 16.8 Å². The van der Waals surface area contributed by atoms with Crippen LogP contribution in [0.1, 0.15) is 17.2 Å². The third kappa shape index (κ3) is 6.22. The van der Waals surface area contributed by atoms with Gasteiger partial charge in [-0.1, -0.05) is 35.9 Å². The molecule has 0 radical (unpaired) electrons. The van der Waals surface area contributed by atoms with Crippen LogP contribution in [0, 0.1) is 6.92 Å². The van der Waals surface area contributed by atoms with E-state index in [2.05, 4.69) is 20.6 Å². The van der Waals surface area contributed by atoms with Gasteiger partial charge in [0.05, 0.1) is 35.8 Å². The number of methoxy groups -OCH3 is 1. The fraction of sp³-hybridized carbons (Fsp3) is 0.226. The molecule has 6 rings (SSSR count). The van der Waals surface area contributed by atoms with Gasteiger partial charge in [-0.05, 0) is 55.0 Å². The van der Waals surface area contributed by atoms with E-state index in [1.807, 2.05) is 19.1 Å². The van der Waals surface area contributed by atoms with Crippen LogP contribution < -0.4 is 20.1 Å². The second-order valence-corrected chi connectivity index (χ2v) is 14.3. The molecule has 0 spiro atoms. The van der Waals surface area contributed by atoms with Crippen LogP contribution in [0.25, 0.3) is 11.0 Å². The molecule has 0 aliphatic carbocycles. The fourth-order valence-electron chi connectivity index (χ4n) is 4.97. The zero-order valence-electron chi connectivity index (χ0n) is 24.7. The molecule has 2 N–H and O–H groups in total. The van der Waals surface area contributed by atoms with E-state index in [-0.39, 0.29) is 44.5 Å². The Balaban J connectivity index is 1.47. The van der Waals surface area contributed by atoms with Crippen molar-refractivity contribution in [2.75, 3.05) is 38.4 Å². The number of morpholine rings is 1. The average Bonchev–Trinajstić information content (AvgIpc) is 3.47. The van der Waals surface area contributed by atoms with Crippen LogP contribution >= 0.6 is 0 Å². The first kappa shape index (κ1) is 30.5. The number of nitrogens with one attached hydrogen (secondary N) is 2. The molecule has 1 unspecified atom stereocenters. The predicted molar refractivity (Wildman–Crippen MR) is 169 cm³/mol. The lowest BCUT2D eigenvalue weighted by molar-refractivity contribution is 0.0276. The van der Waals surface area contributed by atoms with Gasteiger partial charge in [0.15, 0.2) is 15.5 Å². The SMILES string of the molecule is COc1cc(C2CNCCO2)ccc1Nc1nc(Oc2ccccc2S(C)(=O)=O)c2ccn(S(=O)(=O)c3ccc(C)cc3)c2n1. The quantitative estimate of drug-likeness (QED) is 0.231. The van der Waals surface area contributed by atoms with Crippen molar-refractivity contribution in [3.63, 3.8) is 0 Å². The first-order valence-corrected chi connectivity index (χ1v) is 17.3. The number of fused-ring (bicyclic) bond motifs is 1. The molecule has 2 aromatic heterocycles. The van der Waals surface area contributed by atoms with Crippen molar-refractivity contribution in [3.05, 3.63) is 90.1 Å². The minimum absolute atomic E-state index is 0.00461. The van der Waals surface area contributed by atoms with Crippen molar-refractivity contribution in [2.24, 2.45) is 0 Å². The Labute approximate surface area is 261 Å². The maximum Gasteiger partial charge on any atom is 0.269 e. The zero-order chi connectivity index (χ0) is 31.8. The highest BCUT2D eigenvalue weighted by molar-refractivity contribution is 7.91. The highest BCUT2D eigenvalue weighted by Gasteiger charge is 2.25. The van der Waals surface area contributed by atoms with E-state index in [0.29, 0.717) is 24.6 Å². The highest BCUT2D eigenvalue weighted by Crippen LogP contribution is 2.36. The van der Waals surface area contributed by atoms with Crippen molar-refractivity contribution in [1.82, 2.24) is 19.3 Å². The first-order chi connectivity index (χ1) is 21.5. The number of nitrogens with zero attached hydrogens (tertiary/aromatic N) is 3. The second kappa shape index (κ2) is 12.1. The molecule has 234 valence electrons. The molecule has 1 aliphatic heterocycles. The summed E-state index contributed by atoms with van der Waals surface area (Å²) in [5.41, 5.74) is 2.36. The number of ether oxygens (including phenoxy) is 3. The van der Waals surface area contributed by atoms with Crippen LogP contribution in [-0.2, 0) is 24.6 Å². The van der Waals surface area contributed by atoms with Gasteiger partial charge in [-0.25, -0.2) is 20.8 Å². The molecule has 3 aromatic carbocycles. The van der Waals surface area contributed by atoms with Crippen molar-refractivity contribution < 1.29 is 31.0 Å². The lowest BCUT2D eigenvalue weighted by Gasteiger charge is -2.24. The number of anilines is 2. The molecular weight excluding hydrogens is 619 g/mol. The van der Waals surface area contributed by atoms with Crippen molar-refractivity contribution >= 4 is 42.5 Å². The van der Waals surface area contributed by atoms with E-state index in [0.717, 1.165) is 27.9 Å². The van der Waals surface area contributed by atoms with Gasteiger partial charge in [-0.2, -0.15) is 9.97 Å². The number of benzene rings is 3. The third-order valence-corrected chi connectivity index (χ3v) is 10.1. The van der Waals surface area contributed by atoms with E-state index >= 15 is 0 Å². The molecular formula is C31H31N5O7S2. The Bertz CT molecular complexity index is 2090. The number of para-hydroxylation sites is 1. The number of hydrogen-bond acceptors (Lipinski definition) is 11. The van der Waals surface area contributed by atoms with Gasteiger partial charge < -0.3 is 24.8 Å². The van der Waals surface area contributed by atoms with Gasteiger partial charge in [-0.3, -0.25) is 0 Å². The molecule has 12 nitrogen and oxygen atoms in total. The van der Waals surface area contributed by atoms with Crippen LogP contribution in [0.2, 0.25) is 0 Å². The molecule has 0 saturated carbocycles. The van der Waals surface area contributed by atoms with Gasteiger partial charge in [0, 0.05) is 25.5 Å². The third-order valence-electron chi connectivity index (χ3n) is 7.28. The predicted octanol–water partition coefficient (Wildman–Crippen LogP) is 4.59. The van der Waals surface area contributed by atoms with Gasteiger partial charge in [0.1, 0.15) is 16.4 Å². The zero-order valence-corrected chi connectivity index (χ0v) is 26.4. The summed E-state index contributed by atoms with van der Waals surface area (Å²) in [5.74, 6) is 0.463. The second-order valence-electron chi connectivity index (χ2n) is 10.5. The molecule has 0 bridgehead atoms. The topological polar surface area (TPSA) is 151 Å². The highest BCUT2D eigenvalue weighted by atomic mass is 32.2. The summed E-state index contributed by atoms with van der Waals surface area (Å²) in [6.07, 6.45) is 2.30. The number of aromatic nitrogens is 3. The maximum atomic E-state index is 13.8. The molecule has 1 fully saturated rings. The standard InChI is InChI=1S/C31H31N5O7S2/c1-20-8-11-22(12-9-20)45(39,40)36-16-14-23-29(36)34-31(35-30(23)43-25-6-4-5-7-28(25)44(3,37)38)33-24-13-10-21(18-26(24)41-2)27-19-32-15-17-42-27/h4-14,16,18,27,32H,15,17,19H2,1-3H3,(H,33,34,35). The molecule has 5 aromatic rings. The van der Waals surface area contributed by atoms with Gasteiger partial charge in [-0.15, -0.1) is 0 Å². The summed E-state index contributed by atoms with van der Waals surface area (Å²) in [4.78, 5) is 9.14. The van der Waals surface area contributed by atoms with Crippen LogP contribution in [0.3, 0.4) is 0 Å². The minimum Gasteiger partial charge on any atom is -0.495 e. The number of hydrogen-bond donors (Lipinski definition) is 2. The Morgan fingerprint density at radius 3 is 2.47 bits per heavy atom. The lowest BCUT2D eigenvalue weighted by atomic mass is 10.1. The summed E-state index contributed by atoms with van der Waals surface area (Å²) >= 11 is 0. The van der Waals surface area contributed by atoms with E-state index in [1.165, 1.54) is 43.6 Å². The Kier molecular flexibility index (Phi) is 8.22. The molecule has 45 heavy (non-hydrogen) atoms. The van der Waals surface area contributed by atoms with E-state index in [4.69, 9.17) is 14.2 Å². The van der Waals surface area contributed by atoms with Gasteiger partial charge in [0.25, 0.3) is 10.0 Å². The Morgan fingerprint density at radius 1 is 0.978 bits per heavy atom. The molecule has 3 heterocycles. The van der Waals surface area contributed by atoms with Crippen LogP contribution in [0.4, 0.5) is 11.6 Å². The van der Waals surface area contributed by atoms with Crippen LogP contribution in [0.5, 0.6) is 17.4 Å². The molecule has 1 aliphatic rings. The smallest absolute Gasteiger partial charge is 0.269 e. The summed E-state index contributed by atoms with van der Waals surface area (Å²) in [5, 5.41) is 6.68. The normalized spacial score (nSPS) is 15.6. The summed E-state index contributed by atoms with van der Waals surface area (Å²) < 4.78 is 71.2. The van der Waals surface area contributed by atoms with E-state index < -0.39 is 19.9 Å². The molecule has 1 saturated heterocycles. The summed E-state index contributed by atoms with van der Waals surface area (Å²) in [7, 11) is -6.21. The number of sulfone groups is 1. The molecule has 1 atom stereocenters. The van der Waals surface area contributed by atoms with Crippen molar-refractivity contribution in [3.8, 4) is 17.4 Å². The monoisotopic (exact) mass is 649 g/mol. The number of rotatable bonds is 9. The molecule has 0 amide bonds. The van der Waals surface area contributed by atoms with Gasteiger partial charge in [0.2, 0.25) is 11.8 Å². The Hall–Kier alpha value is -4.50. The lowest BCUT2D eigenvalue weighted by Crippen LogP contribution is -2.33. The van der Waals surface area contributed by atoms with Gasteiger partial charge >= 0.3 is 0 Å². The largest absolute Gasteiger partial charge is 0.495 e. The van der Waals surface area contributed by atoms with Crippen molar-refractivity contribution in [1.29, 1.82) is 0 Å². The van der Waals surface area contributed by atoms with E-state index in [1.54, 1.807) is 30.3 Å². The Morgan fingerprint density at radius 2 is 1.76 bits per heavy atom. The summed E-state index contributed by atoms with van der Waals surface area (Å²) in [6, 6.07) is 19.7. The fourth-order valence-corrected chi connectivity index (χ4v) is 7.07. The van der Waals surface area contributed by atoms with Crippen LogP contribution in [0.15, 0.2) is 88.8 Å². The minimum atomic E-state index is -4.08. The van der Waals surface area contributed by atoms with Crippen LogP contribution in [-0.4, -0.2) is 63.8 Å². The molecule has 14 heteroatoms. The number of aryl methyl sites for hydroxylation is 1. The maximum absolute atomic E-state index is 13.8.